The summed E-state index contributed by atoms with van der Waals surface area (Å²) in [4.78, 5) is 0. The molecule has 1 unspecified atom stereocenters. The van der Waals surface area contributed by atoms with Gasteiger partial charge in [-0.05, 0) is 45.7 Å². The van der Waals surface area contributed by atoms with Crippen LogP contribution in [0.3, 0.4) is 0 Å². The van der Waals surface area contributed by atoms with Gasteiger partial charge in [0.15, 0.2) is 0 Å². The van der Waals surface area contributed by atoms with Crippen molar-refractivity contribution in [3.05, 3.63) is 70.3 Å². The van der Waals surface area contributed by atoms with Crippen molar-refractivity contribution < 1.29 is 0 Å². The maximum atomic E-state index is 3.69. The van der Waals surface area contributed by atoms with Gasteiger partial charge in [0.2, 0.25) is 0 Å². The average Bonchev–Trinajstić information content (AvgIpc) is 2.37. The first-order valence-corrected chi connectivity index (χ1v) is 7.36. The molecule has 0 saturated heterocycles. The Bertz CT molecular complexity index is 566. The fraction of sp³-hybridized carbons (Fsp3) is 0.368. The summed E-state index contributed by atoms with van der Waals surface area (Å²) in [6.45, 7) is 10.9. The summed E-state index contributed by atoms with van der Waals surface area (Å²) in [5, 5.41) is 3.69. The molecule has 0 fully saturated rings. The van der Waals surface area contributed by atoms with Gasteiger partial charge >= 0.3 is 0 Å². The van der Waals surface area contributed by atoms with Crippen molar-refractivity contribution in [1.29, 1.82) is 0 Å². The predicted octanol–water partition coefficient (Wildman–Crippen LogP) is 5.02. The molecule has 0 aliphatic carbocycles. The van der Waals surface area contributed by atoms with Gasteiger partial charge in [-0.15, -0.1) is 0 Å². The fourth-order valence-electron chi connectivity index (χ4n) is 2.77. The van der Waals surface area contributed by atoms with Crippen LogP contribution in [-0.2, 0) is 0 Å². The van der Waals surface area contributed by atoms with E-state index >= 15 is 0 Å². The van der Waals surface area contributed by atoms with Crippen molar-refractivity contribution in [2.45, 2.75) is 46.7 Å². The first-order chi connectivity index (χ1) is 9.45. The normalized spacial score (nSPS) is 14.1. The van der Waals surface area contributed by atoms with Crippen molar-refractivity contribution in [2.24, 2.45) is 0 Å². The molecule has 1 nitrogen and oxygen atoms in total. The second-order valence-electron chi connectivity index (χ2n) is 5.95. The molecular weight excluding hydrogens is 242 g/mol. The van der Waals surface area contributed by atoms with Gasteiger partial charge < -0.3 is 5.32 Å². The third kappa shape index (κ3) is 3.71. The standard InChI is InChI=1S/C19H25N/c1-13-7-6-8-18(10-13)16(4)20-17(5)19-11-14(2)9-15(3)12-19/h6-12,16-17,20H,1-5H3/t16-,17?/m0/s1. The number of rotatable bonds is 4. The van der Waals surface area contributed by atoms with E-state index in [1.165, 1.54) is 27.8 Å². The highest BCUT2D eigenvalue weighted by Gasteiger charge is 2.11. The van der Waals surface area contributed by atoms with Gasteiger partial charge in [-0.1, -0.05) is 59.2 Å². The number of hydrogen-bond acceptors (Lipinski definition) is 1. The molecular formula is C19H25N. The minimum Gasteiger partial charge on any atom is -0.304 e. The zero-order chi connectivity index (χ0) is 14.7. The minimum atomic E-state index is 0.351. The maximum absolute atomic E-state index is 3.69. The number of aryl methyl sites for hydroxylation is 3. The van der Waals surface area contributed by atoms with E-state index in [0.717, 1.165) is 0 Å². The van der Waals surface area contributed by atoms with Crippen molar-refractivity contribution in [1.82, 2.24) is 5.32 Å². The lowest BCUT2D eigenvalue weighted by Gasteiger charge is -2.22. The topological polar surface area (TPSA) is 12.0 Å². The lowest BCUT2D eigenvalue weighted by atomic mass is 10.00. The van der Waals surface area contributed by atoms with Crippen LogP contribution in [0.5, 0.6) is 0 Å². The van der Waals surface area contributed by atoms with E-state index in [9.17, 15) is 0 Å². The molecule has 106 valence electrons. The highest BCUT2D eigenvalue weighted by atomic mass is 14.9. The van der Waals surface area contributed by atoms with Crippen LogP contribution in [0.15, 0.2) is 42.5 Å². The maximum Gasteiger partial charge on any atom is 0.0297 e. The van der Waals surface area contributed by atoms with Crippen LogP contribution >= 0.6 is 0 Å². The van der Waals surface area contributed by atoms with Crippen molar-refractivity contribution in [3.8, 4) is 0 Å². The van der Waals surface area contributed by atoms with E-state index < -0.39 is 0 Å². The summed E-state index contributed by atoms with van der Waals surface area (Å²) >= 11 is 0. The molecule has 2 rings (SSSR count). The summed E-state index contributed by atoms with van der Waals surface area (Å²) in [5.41, 5.74) is 6.69. The van der Waals surface area contributed by atoms with Gasteiger partial charge in [0.05, 0.1) is 0 Å². The van der Waals surface area contributed by atoms with Crippen molar-refractivity contribution in [2.75, 3.05) is 0 Å². The summed E-state index contributed by atoms with van der Waals surface area (Å²) in [6.07, 6.45) is 0. The Balaban J connectivity index is 2.12. The van der Waals surface area contributed by atoms with Crippen LogP contribution in [-0.4, -0.2) is 0 Å². The first kappa shape index (κ1) is 14.8. The monoisotopic (exact) mass is 267 g/mol. The van der Waals surface area contributed by atoms with Crippen LogP contribution in [0, 0.1) is 20.8 Å². The van der Waals surface area contributed by atoms with Crippen LogP contribution in [0.25, 0.3) is 0 Å². The molecule has 0 bridgehead atoms. The van der Waals surface area contributed by atoms with E-state index in [0.29, 0.717) is 12.1 Å². The Kier molecular flexibility index (Phi) is 4.61. The van der Waals surface area contributed by atoms with Crippen LogP contribution < -0.4 is 5.32 Å². The summed E-state index contributed by atoms with van der Waals surface area (Å²) in [5.74, 6) is 0. The fourth-order valence-corrected chi connectivity index (χ4v) is 2.77. The van der Waals surface area contributed by atoms with Crippen LogP contribution in [0.2, 0.25) is 0 Å². The molecule has 1 heteroatoms. The zero-order valence-corrected chi connectivity index (χ0v) is 13.2. The van der Waals surface area contributed by atoms with Crippen molar-refractivity contribution >= 4 is 0 Å². The van der Waals surface area contributed by atoms with Crippen LogP contribution in [0.4, 0.5) is 0 Å². The number of nitrogens with one attached hydrogen (secondary N) is 1. The zero-order valence-electron chi connectivity index (χ0n) is 13.2. The van der Waals surface area contributed by atoms with E-state index in [1.54, 1.807) is 0 Å². The molecule has 2 atom stereocenters. The number of benzene rings is 2. The Morgan fingerprint density at radius 2 is 1.25 bits per heavy atom. The molecule has 2 aromatic carbocycles. The molecule has 0 aromatic heterocycles. The molecule has 20 heavy (non-hydrogen) atoms. The van der Waals surface area contributed by atoms with Crippen molar-refractivity contribution in [3.63, 3.8) is 0 Å². The summed E-state index contributed by atoms with van der Waals surface area (Å²) < 4.78 is 0. The summed E-state index contributed by atoms with van der Waals surface area (Å²) in [6, 6.07) is 16.2. The number of hydrogen-bond donors (Lipinski definition) is 1. The third-order valence-corrected chi connectivity index (χ3v) is 3.79. The molecule has 0 spiro atoms. The first-order valence-electron chi connectivity index (χ1n) is 7.36. The SMILES string of the molecule is Cc1cc(C)cc(C(C)N[C@@H](C)c2cccc(C)c2)c1. The molecule has 0 aliphatic rings. The largest absolute Gasteiger partial charge is 0.304 e. The highest BCUT2D eigenvalue weighted by molar-refractivity contribution is 5.31. The van der Waals surface area contributed by atoms with Gasteiger partial charge in [0, 0.05) is 12.1 Å². The molecule has 1 N–H and O–H groups in total. The average molecular weight is 267 g/mol. The lowest BCUT2D eigenvalue weighted by molar-refractivity contribution is 0.494. The predicted molar refractivity (Wildman–Crippen MR) is 87.1 cm³/mol. The van der Waals surface area contributed by atoms with Gasteiger partial charge in [0.25, 0.3) is 0 Å². The highest BCUT2D eigenvalue weighted by Crippen LogP contribution is 2.21. The Labute approximate surface area is 123 Å². The minimum absolute atomic E-state index is 0.351. The second kappa shape index (κ2) is 6.23. The molecule has 0 saturated carbocycles. The lowest BCUT2D eigenvalue weighted by Crippen LogP contribution is -2.22. The van der Waals surface area contributed by atoms with E-state index in [2.05, 4.69) is 82.4 Å². The summed E-state index contributed by atoms with van der Waals surface area (Å²) in [7, 11) is 0. The molecule has 0 radical (unpaired) electrons. The van der Waals surface area contributed by atoms with Crippen LogP contribution in [0.1, 0.15) is 53.7 Å². The van der Waals surface area contributed by atoms with Gasteiger partial charge in [-0.25, -0.2) is 0 Å². The molecule has 0 amide bonds. The van der Waals surface area contributed by atoms with Gasteiger partial charge in [0.1, 0.15) is 0 Å². The molecule has 0 heterocycles. The quantitative estimate of drug-likeness (QED) is 0.819. The van der Waals surface area contributed by atoms with Gasteiger partial charge in [-0.2, -0.15) is 0 Å². The van der Waals surface area contributed by atoms with E-state index in [-0.39, 0.29) is 0 Å². The second-order valence-corrected chi connectivity index (χ2v) is 5.95. The van der Waals surface area contributed by atoms with E-state index in [1.807, 2.05) is 0 Å². The van der Waals surface area contributed by atoms with Gasteiger partial charge in [-0.3, -0.25) is 0 Å². The molecule has 0 aliphatic heterocycles. The third-order valence-electron chi connectivity index (χ3n) is 3.79. The Hall–Kier alpha value is -1.60. The Morgan fingerprint density at radius 3 is 1.85 bits per heavy atom. The Morgan fingerprint density at radius 1 is 0.700 bits per heavy atom. The smallest absolute Gasteiger partial charge is 0.0297 e. The van der Waals surface area contributed by atoms with E-state index in [4.69, 9.17) is 0 Å². The molecule has 2 aromatic rings.